The van der Waals surface area contributed by atoms with Crippen molar-refractivity contribution < 1.29 is 17.9 Å². The van der Waals surface area contributed by atoms with Gasteiger partial charge in [-0.1, -0.05) is 18.2 Å². The van der Waals surface area contributed by atoms with Crippen molar-refractivity contribution >= 4 is 28.3 Å². The molecule has 0 radical (unpaired) electrons. The molecule has 3 N–H and O–H groups in total. The van der Waals surface area contributed by atoms with Crippen molar-refractivity contribution in [2.24, 2.45) is 11.7 Å². The fourth-order valence-corrected chi connectivity index (χ4v) is 3.80. The Bertz CT molecular complexity index is 676. The maximum atomic E-state index is 12.4. The first-order valence-electron chi connectivity index (χ1n) is 7.95. The number of nitrogens with one attached hydrogen (secondary N) is 1. The molecule has 0 aromatic heterocycles. The van der Waals surface area contributed by atoms with Gasteiger partial charge in [0.1, 0.15) is 0 Å². The summed E-state index contributed by atoms with van der Waals surface area (Å²) >= 11 is 0. The summed E-state index contributed by atoms with van der Waals surface area (Å²) in [5.41, 5.74) is 6.57. The lowest BCUT2D eigenvalue weighted by Gasteiger charge is -2.26. The van der Waals surface area contributed by atoms with Gasteiger partial charge in [-0.05, 0) is 30.4 Å². The molecule has 0 saturated carbocycles. The van der Waals surface area contributed by atoms with Gasteiger partial charge < -0.3 is 15.8 Å². The van der Waals surface area contributed by atoms with Crippen LogP contribution in [-0.2, 0) is 26.1 Å². The molecule has 0 spiro atoms. The van der Waals surface area contributed by atoms with Gasteiger partial charge in [0, 0.05) is 33.9 Å². The average Bonchev–Trinajstić information content (AvgIpc) is 2.59. The largest absolute Gasteiger partial charge is 0.381 e. The lowest BCUT2D eigenvalue weighted by atomic mass is 9.92. The average molecular weight is 392 g/mol. The molecule has 1 aliphatic heterocycles. The Morgan fingerprint density at radius 1 is 1.32 bits per heavy atom. The smallest absolute Gasteiger partial charge is 0.242 e. The molecule has 7 nitrogen and oxygen atoms in total. The molecule has 142 valence electrons. The van der Waals surface area contributed by atoms with Crippen LogP contribution in [0.3, 0.4) is 0 Å². The van der Waals surface area contributed by atoms with Gasteiger partial charge in [-0.25, -0.2) is 12.7 Å². The Labute approximate surface area is 155 Å². The van der Waals surface area contributed by atoms with E-state index in [2.05, 4.69) is 5.32 Å². The number of sulfonamides is 1. The Morgan fingerprint density at radius 3 is 2.52 bits per heavy atom. The second-order valence-electron chi connectivity index (χ2n) is 6.09. The van der Waals surface area contributed by atoms with Crippen molar-refractivity contribution in [3.05, 3.63) is 29.8 Å². The number of nitrogens with zero attached hydrogens (tertiary/aromatic N) is 1. The molecule has 1 amide bonds. The normalized spacial score (nSPS) is 17.0. The molecule has 2 rings (SSSR count). The minimum Gasteiger partial charge on any atom is -0.381 e. The number of ether oxygens (including phenoxy) is 1. The summed E-state index contributed by atoms with van der Waals surface area (Å²) in [5.74, 6) is -0.168. The topological polar surface area (TPSA) is 102 Å². The number of nitrogens with two attached hydrogens (primary N) is 1. The van der Waals surface area contributed by atoms with Crippen LogP contribution >= 0.6 is 12.4 Å². The zero-order valence-corrected chi connectivity index (χ0v) is 16.1. The summed E-state index contributed by atoms with van der Waals surface area (Å²) in [4.78, 5) is 12.5. The number of rotatable bonds is 6. The van der Waals surface area contributed by atoms with Gasteiger partial charge in [0.15, 0.2) is 0 Å². The van der Waals surface area contributed by atoms with Gasteiger partial charge in [-0.2, -0.15) is 0 Å². The number of carbonyl (C=O) groups excluding carboxylic acids is 1. The van der Waals surface area contributed by atoms with Crippen LogP contribution in [-0.4, -0.2) is 52.0 Å². The fraction of sp³-hybridized carbons (Fsp3) is 0.562. The van der Waals surface area contributed by atoms with Crippen LogP contribution in [0.1, 0.15) is 18.4 Å². The molecule has 1 atom stereocenters. The van der Waals surface area contributed by atoms with E-state index in [0.29, 0.717) is 18.8 Å². The van der Waals surface area contributed by atoms with E-state index in [1.165, 1.54) is 20.2 Å². The van der Waals surface area contributed by atoms with Crippen LogP contribution < -0.4 is 11.1 Å². The van der Waals surface area contributed by atoms with Crippen molar-refractivity contribution in [3.63, 3.8) is 0 Å². The van der Waals surface area contributed by atoms with Gasteiger partial charge in [0.25, 0.3) is 0 Å². The highest BCUT2D eigenvalue weighted by Crippen LogP contribution is 2.20. The zero-order valence-electron chi connectivity index (χ0n) is 14.5. The number of amides is 1. The van der Waals surface area contributed by atoms with E-state index in [-0.39, 0.29) is 35.7 Å². The van der Waals surface area contributed by atoms with E-state index in [0.717, 1.165) is 17.1 Å². The monoisotopic (exact) mass is 391 g/mol. The van der Waals surface area contributed by atoms with Crippen LogP contribution in [0.2, 0.25) is 0 Å². The maximum absolute atomic E-state index is 12.4. The minimum atomic E-state index is -3.56. The summed E-state index contributed by atoms with van der Waals surface area (Å²) in [7, 11) is -0.606. The molecule has 9 heteroatoms. The van der Waals surface area contributed by atoms with E-state index in [1.54, 1.807) is 18.2 Å². The van der Waals surface area contributed by atoms with Gasteiger partial charge in [-0.15, -0.1) is 12.4 Å². The molecular weight excluding hydrogens is 366 g/mol. The highest BCUT2D eigenvalue weighted by molar-refractivity contribution is 7.89. The van der Waals surface area contributed by atoms with Crippen molar-refractivity contribution in [2.75, 3.05) is 27.3 Å². The summed E-state index contributed by atoms with van der Waals surface area (Å²) in [6, 6.07) is 6.03. The Balaban J connectivity index is 0.00000312. The summed E-state index contributed by atoms with van der Waals surface area (Å²) < 4.78 is 31.1. The molecule has 1 saturated heterocycles. The molecule has 1 aromatic rings. The number of halogens is 1. The van der Waals surface area contributed by atoms with Crippen molar-refractivity contribution in [1.29, 1.82) is 0 Å². The third-order valence-electron chi connectivity index (χ3n) is 4.26. The van der Waals surface area contributed by atoms with Gasteiger partial charge >= 0.3 is 0 Å². The molecule has 1 aliphatic rings. The lowest BCUT2D eigenvalue weighted by molar-refractivity contribution is -0.124. The van der Waals surface area contributed by atoms with E-state index in [9.17, 15) is 13.2 Å². The van der Waals surface area contributed by atoms with E-state index < -0.39 is 16.1 Å². The third kappa shape index (κ3) is 5.39. The molecule has 1 heterocycles. The van der Waals surface area contributed by atoms with Crippen LogP contribution in [0.25, 0.3) is 0 Å². The Morgan fingerprint density at radius 2 is 1.92 bits per heavy atom. The predicted octanol–water partition coefficient (Wildman–Crippen LogP) is 0.729. The van der Waals surface area contributed by atoms with Crippen LogP contribution in [0.4, 0.5) is 0 Å². The molecule has 0 aliphatic carbocycles. The highest BCUT2D eigenvalue weighted by Gasteiger charge is 2.27. The number of benzene rings is 1. The van der Waals surface area contributed by atoms with Crippen LogP contribution in [0.15, 0.2) is 29.2 Å². The highest BCUT2D eigenvalue weighted by atomic mass is 35.5. The summed E-state index contributed by atoms with van der Waals surface area (Å²) in [5, 5.41) is 2.76. The second kappa shape index (κ2) is 9.49. The third-order valence-corrected chi connectivity index (χ3v) is 6.18. The molecular formula is C16H26ClN3O4S. The van der Waals surface area contributed by atoms with Crippen LogP contribution in [0.5, 0.6) is 0 Å². The molecule has 25 heavy (non-hydrogen) atoms. The SMILES string of the molecule is CN(C)S(=O)(=O)c1ccccc1CNC(=O)C(N)C1CCOCC1.Cl. The number of carbonyl (C=O) groups is 1. The minimum absolute atomic E-state index is 0. The number of hydrogen-bond acceptors (Lipinski definition) is 5. The van der Waals surface area contributed by atoms with Crippen molar-refractivity contribution in [2.45, 2.75) is 30.3 Å². The van der Waals surface area contributed by atoms with Gasteiger partial charge in [-0.3, -0.25) is 4.79 Å². The van der Waals surface area contributed by atoms with E-state index in [4.69, 9.17) is 10.5 Å². The Hall–Kier alpha value is -1.19. The predicted molar refractivity (Wildman–Crippen MR) is 97.9 cm³/mol. The number of hydrogen-bond donors (Lipinski definition) is 2. The first-order valence-corrected chi connectivity index (χ1v) is 9.39. The summed E-state index contributed by atoms with van der Waals surface area (Å²) in [6.45, 7) is 1.37. The van der Waals surface area contributed by atoms with Gasteiger partial charge in [0.2, 0.25) is 15.9 Å². The lowest BCUT2D eigenvalue weighted by Crippen LogP contribution is -2.47. The maximum Gasteiger partial charge on any atom is 0.242 e. The second-order valence-corrected chi connectivity index (χ2v) is 8.21. The first-order chi connectivity index (χ1) is 11.3. The van der Waals surface area contributed by atoms with Crippen molar-refractivity contribution in [1.82, 2.24) is 9.62 Å². The van der Waals surface area contributed by atoms with Crippen molar-refractivity contribution in [3.8, 4) is 0 Å². The quantitative estimate of drug-likeness (QED) is 0.744. The molecule has 1 unspecified atom stereocenters. The fourth-order valence-electron chi connectivity index (χ4n) is 2.69. The molecule has 0 bridgehead atoms. The van der Waals surface area contributed by atoms with E-state index in [1.807, 2.05) is 0 Å². The standard InChI is InChI=1S/C16H25N3O4S.ClH/c1-19(2)24(21,22)14-6-4-3-5-13(14)11-18-16(20)15(17)12-7-9-23-10-8-12;/h3-6,12,15H,7-11,17H2,1-2H3,(H,18,20);1H. The van der Waals surface area contributed by atoms with Gasteiger partial charge in [0.05, 0.1) is 10.9 Å². The Kier molecular flexibility index (Phi) is 8.30. The van der Waals surface area contributed by atoms with Crippen LogP contribution in [0, 0.1) is 5.92 Å². The molecule has 1 fully saturated rings. The van der Waals surface area contributed by atoms with E-state index >= 15 is 0 Å². The molecule has 1 aromatic carbocycles. The summed E-state index contributed by atoms with van der Waals surface area (Å²) in [6.07, 6.45) is 1.53. The first kappa shape index (κ1) is 21.9. The zero-order chi connectivity index (χ0) is 17.7.